The SMILES string of the molecule is CC1(C)[C@H](C=C(Cl)Cl)[C@H]1C(=O)OC(C#N)c1cccc(Oc2ccc(Br)cc2)c1. The van der Waals surface area contributed by atoms with Gasteiger partial charge < -0.3 is 9.47 Å². The van der Waals surface area contributed by atoms with E-state index in [1.54, 1.807) is 30.3 Å². The predicted molar refractivity (Wildman–Crippen MR) is 116 cm³/mol. The van der Waals surface area contributed by atoms with Crippen LogP contribution in [0.2, 0.25) is 0 Å². The Morgan fingerprint density at radius 3 is 2.52 bits per heavy atom. The molecule has 0 amide bonds. The Balaban J connectivity index is 1.72. The fourth-order valence-corrected chi connectivity index (χ4v) is 3.85. The Morgan fingerprint density at radius 1 is 1.21 bits per heavy atom. The summed E-state index contributed by atoms with van der Waals surface area (Å²) in [6.07, 6.45) is 0.604. The number of hydrogen-bond donors (Lipinski definition) is 0. The lowest BCUT2D eigenvalue weighted by Gasteiger charge is -2.13. The van der Waals surface area contributed by atoms with E-state index in [0.29, 0.717) is 17.1 Å². The molecule has 0 radical (unpaired) electrons. The molecule has 1 unspecified atom stereocenters. The van der Waals surface area contributed by atoms with Crippen LogP contribution in [0.5, 0.6) is 11.5 Å². The van der Waals surface area contributed by atoms with Crippen molar-refractivity contribution in [1.29, 1.82) is 5.26 Å². The monoisotopic (exact) mass is 493 g/mol. The van der Waals surface area contributed by atoms with Gasteiger partial charge in [0.15, 0.2) is 0 Å². The maximum atomic E-state index is 12.6. The molecule has 7 heteroatoms. The van der Waals surface area contributed by atoms with Crippen LogP contribution in [0.3, 0.4) is 0 Å². The zero-order valence-electron chi connectivity index (χ0n) is 15.7. The van der Waals surface area contributed by atoms with Gasteiger partial charge in [-0.3, -0.25) is 4.79 Å². The molecule has 0 aromatic heterocycles. The fraction of sp³-hybridized carbons (Fsp3) is 0.273. The molecule has 0 aliphatic heterocycles. The number of ether oxygens (including phenoxy) is 2. The van der Waals surface area contributed by atoms with Crippen LogP contribution in [0.25, 0.3) is 0 Å². The number of allylic oxidation sites excluding steroid dienone is 1. The van der Waals surface area contributed by atoms with Crippen LogP contribution < -0.4 is 4.74 Å². The summed E-state index contributed by atoms with van der Waals surface area (Å²) in [5.41, 5.74) is 0.218. The van der Waals surface area contributed by atoms with E-state index in [9.17, 15) is 10.1 Å². The van der Waals surface area contributed by atoms with Crippen molar-refractivity contribution in [3.8, 4) is 17.6 Å². The van der Waals surface area contributed by atoms with E-state index in [0.717, 1.165) is 4.47 Å². The van der Waals surface area contributed by atoms with Gasteiger partial charge in [-0.15, -0.1) is 0 Å². The van der Waals surface area contributed by atoms with Gasteiger partial charge in [0.05, 0.1) is 5.92 Å². The van der Waals surface area contributed by atoms with Crippen molar-refractivity contribution in [2.75, 3.05) is 0 Å². The van der Waals surface area contributed by atoms with E-state index in [1.165, 1.54) is 0 Å². The molecule has 1 saturated carbocycles. The summed E-state index contributed by atoms with van der Waals surface area (Å²) in [5, 5.41) is 9.56. The second kappa shape index (κ2) is 8.79. The number of carbonyl (C=O) groups excluding carboxylic acids is 1. The normalized spacial score (nSPS) is 20.1. The standard InChI is InChI=1S/C22H18BrCl2NO3/c1-22(2)17(11-19(24)25)20(22)21(27)29-18(12-26)13-4-3-5-16(10-13)28-15-8-6-14(23)7-9-15/h3-11,17-18,20H,1-2H3/t17-,18?,20+/m1/s1. The molecule has 0 N–H and O–H groups in total. The molecule has 0 heterocycles. The molecule has 4 nitrogen and oxygen atoms in total. The number of nitriles is 1. The molecular weight excluding hydrogens is 477 g/mol. The largest absolute Gasteiger partial charge is 0.457 e. The zero-order valence-corrected chi connectivity index (χ0v) is 18.8. The molecule has 1 aliphatic carbocycles. The maximum absolute atomic E-state index is 12.6. The molecule has 29 heavy (non-hydrogen) atoms. The average Bonchev–Trinajstić information content (AvgIpc) is 3.21. The molecule has 0 saturated heterocycles. The summed E-state index contributed by atoms with van der Waals surface area (Å²) in [5.74, 6) is 0.238. The van der Waals surface area contributed by atoms with Crippen LogP contribution >= 0.6 is 39.1 Å². The minimum Gasteiger partial charge on any atom is -0.457 e. The summed E-state index contributed by atoms with van der Waals surface area (Å²) in [4.78, 5) is 12.6. The number of benzene rings is 2. The van der Waals surface area contributed by atoms with Crippen molar-refractivity contribution in [3.63, 3.8) is 0 Å². The molecule has 2 aromatic rings. The molecule has 1 aliphatic rings. The third kappa shape index (κ3) is 5.14. The van der Waals surface area contributed by atoms with E-state index in [-0.39, 0.29) is 15.8 Å². The number of hydrogen-bond acceptors (Lipinski definition) is 4. The van der Waals surface area contributed by atoms with Crippen LogP contribution in [0, 0.1) is 28.6 Å². The van der Waals surface area contributed by atoms with Crippen molar-refractivity contribution in [2.45, 2.75) is 20.0 Å². The zero-order chi connectivity index (χ0) is 21.2. The first kappa shape index (κ1) is 21.7. The van der Waals surface area contributed by atoms with Crippen molar-refractivity contribution < 1.29 is 14.3 Å². The molecule has 3 atom stereocenters. The van der Waals surface area contributed by atoms with Crippen LogP contribution in [0.15, 0.2) is 63.6 Å². The first-order valence-electron chi connectivity index (χ1n) is 8.88. The highest BCUT2D eigenvalue weighted by atomic mass is 79.9. The summed E-state index contributed by atoms with van der Waals surface area (Å²) in [7, 11) is 0. The number of carbonyl (C=O) groups is 1. The highest BCUT2D eigenvalue weighted by Crippen LogP contribution is 2.60. The Morgan fingerprint density at radius 2 is 1.90 bits per heavy atom. The highest BCUT2D eigenvalue weighted by molar-refractivity contribution is 9.10. The highest BCUT2D eigenvalue weighted by Gasteiger charge is 2.62. The Bertz CT molecular complexity index is 978. The molecule has 2 aromatic carbocycles. The Kier molecular flexibility index (Phi) is 6.58. The topological polar surface area (TPSA) is 59.3 Å². The number of rotatable bonds is 6. The number of halogens is 3. The summed E-state index contributed by atoms with van der Waals surface area (Å²) in [6.45, 7) is 3.87. The molecule has 1 fully saturated rings. The van der Waals surface area contributed by atoms with Gasteiger partial charge in [0.25, 0.3) is 0 Å². The first-order valence-corrected chi connectivity index (χ1v) is 10.4. The van der Waals surface area contributed by atoms with Gasteiger partial charge in [0, 0.05) is 10.0 Å². The fourth-order valence-electron chi connectivity index (χ4n) is 3.31. The van der Waals surface area contributed by atoms with Crippen LogP contribution in [-0.4, -0.2) is 5.97 Å². The van der Waals surface area contributed by atoms with Crippen molar-refractivity contribution >= 4 is 45.1 Å². The van der Waals surface area contributed by atoms with Crippen molar-refractivity contribution in [1.82, 2.24) is 0 Å². The van der Waals surface area contributed by atoms with Crippen LogP contribution in [0.1, 0.15) is 25.5 Å². The van der Waals surface area contributed by atoms with E-state index in [1.807, 2.05) is 44.2 Å². The van der Waals surface area contributed by atoms with Crippen LogP contribution in [0.4, 0.5) is 0 Å². The van der Waals surface area contributed by atoms with Gasteiger partial charge in [-0.05, 0) is 53.8 Å². The summed E-state index contributed by atoms with van der Waals surface area (Å²) in [6, 6.07) is 16.4. The molecular formula is C22H18BrCl2NO3. The average molecular weight is 495 g/mol. The predicted octanol–water partition coefficient (Wildman–Crippen LogP) is 6.94. The summed E-state index contributed by atoms with van der Waals surface area (Å²) >= 11 is 14.9. The van der Waals surface area contributed by atoms with Crippen LogP contribution in [-0.2, 0) is 9.53 Å². The quantitative estimate of drug-likeness (QED) is 0.408. The van der Waals surface area contributed by atoms with E-state index >= 15 is 0 Å². The van der Waals surface area contributed by atoms with Gasteiger partial charge in [0.2, 0.25) is 6.10 Å². The third-order valence-corrected chi connectivity index (χ3v) is 5.81. The van der Waals surface area contributed by atoms with E-state index in [4.69, 9.17) is 32.7 Å². The van der Waals surface area contributed by atoms with Crippen molar-refractivity contribution in [3.05, 3.63) is 69.1 Å². The second-order valence-corrected chi connectivity index (χ2v) is 9.28. The van der Waals surface area contributed by atoms with E-state index < -0.39 is 18.0 Å². The number of nitrogens with zero attached hydrogens (tertiary/aromatic N) is 1. The molecule has 150 valence electrons. The smallest absolute Gasteiger partial charge is 0.311 e. The second-order valence-electron chi connectivity index (χ2n) is 7.36. The van der Waals surface area contributed by atoms with E-state index in [2.05, 4.69) is 15.9 Å². The minimum absolute atomic E-state index is 0.119. The van der Waals surface area contributed by atoms with Gasteiger partial charge in [-0.2, -0.15) is 5.26 Å². The lowest BCUT2D eigenvalue weighted by Crippen LogP contribution is -2.14. The van der Waals surface area contributed by atoms with Gasteiger partial charge in [-0.25, -0.2) is 0 Å². The molecule has 0 bridgehead atoms. The first-order chi connectivity index (χ1) is 13.7. The number of esters is 1. The maximum Gasteiger partial charge on any atom is 0.311 e. The Hall–Kier alpha value is -2.00. The molecule has 3 rings (SSSR count). The molecule has 0 spiro atoms. The van der Waals surface area contributed by atoms with Crippen molar-refractivity contribution in [2.24, 2.45) is 17.3 Å². The van der Waals surface area contributed by atoms with Gasteiger partial charge in [0.1, 0.15) is 22.1 Å². The van der Waals surface area contributed by atoms with Gasteiger partial charge >= 0.3 is 5.97 Å². The lowest BCUT2D eigenvalue weighted by atomic mass is 10.1. The third-order valence-electron chi connectivity index (χ3n) is 5.03. The lowest BCUT2D eigenvalue weighted by molar-refractivity contribution is -0.149. The minimum atomic E-state index is -1.04. The Labute approximate surface area is 188 Å². The van der Waals surface area contributed by atoms with Gasteiger partial charge in [-0.1, -0.05) is 65.1 Å². The summed E-state index contributed by atoms with van der Waals surface area (Å²) < 4.78 is 12.4.